The second-order valence-electron chi connectivity index (χ2n) is 6.01. The molecule has 2 atom stereocenters. The molecule has 5 heteroatoms. The lowest BCUT2D eigenvalue weighted by molar-refractivity contribution is -0.125. The van der Waals surface area contributed by atoms with Gasteiger partial charge in [0, 0.05) is 6.54 Å². The van der Waals surface area contributed by atoms with E-state index in [-0.39, 0.29) is 23.7 Å². The van der Waals surface area contributed by atoms with Gasteiger partial charge >= 0.3 is 0 Å². The SMILES string of the molecule is CCOc1ccccc1NC(=O)C1CC1C(=O)NCC(C)C. The molecule has 0 heterocycles. The summed E-state index contributed by atoms with van der Waals surface area (Å²) < 4.78 is 5.48. The van der Waals surface area contributed by atoms with Gasteiger partial charge in [-0.2, -0.15) is 0 Å². The van der Waals surface area contributed by atoms with Crippen molar-refractivity contribution in [2.75, 3.05) is 18.5 Å². The lowest BCUT2D eigenvalue weighted by atomic mass is 10.2. The Bertz CT molecular complexity index is 542. The molecule has 0 aromatic heterocycles. The molecule has 1 aliphatic carbocycles. The normalized spacial score (nSPS) is 19.6. The highest BCUT2D eigenvalue weighted by molar-refractivity contribution is 6.00. The molecule has 22 heavy (non-hydrogen) atoms. The summed E-state index contributed by atoms with van der Waals surface area (Å²) in [6.45, 7) is 7.17. The summed E-state index contributed by atoms with van der Waals surface area (Å²) in [5.74, 6) is 0.497. The zero-order valence-electron chi connectivity index (χ0n) is 13.4. The quantitative estimate of drug-likeness (QED) is 0.813. The fourth-order valence-electron chi connectivity index (χ4n) is 2.29. The van der Waals surface area contributed by atoms with Gasteiger partial charge in [-0.15, -0.1) is 0 Å². The summed E-state index contributed by atoms with van der Waals surface area (Å²) in [7, 11) is 0. The highest BCUT2D eigenvalue weighted by Gasteiger charge is 2.48. The molecule has 1 saturated carbocycles. The summed E-state index contributed by atoms with van der Waals surface area (Å²) in [5, 5.41) is 5.74. The van der Waals surface area contributed by atoms with Crippen LogP contribution in [0, 0.1) is 17.8 Å². The molecule has 120 valence electrons. The maximum absolute atomic E-state index is 12.2. The van der Waals surface area contributed by atoms with Crippen LogP contribution < -0.4 is 15.4 Å². The number of amides is 2. The van der Waals surface area contributed by atoms with Crippen LogP contribution in [0.4, 0.5) is 5.69 Å². The van der Waals surface area contributed by atoms with Crippen LogP contribution in [0.2, 0.25) is 0 Å². The fraction of sp³-hybridized carbons (Fsp3) is 0.529. The van der Waals surface area contributed by atoms with E-state index in [0.717, 1.165) is 0 Å². The third-order valence-electron chi connectivity index (χ3n) is 3.59. The van der Waals surface area contributed by atoms with Crippen LogP contribution in [-0.2, 0) is 9.59 Å². The Labute approximate surface area is 131 Å². The monoisotopic (exact) mass is 304 g/mol. The van der Waals surface area contributed by atoms with Crippen molar-refractivity contribution in [2.24, 2.45) is 17.8 Å². The fourth-order valence-corrected chi connectivity index (χ4v) is 2.29. The van der Waals surface area contributed by atoms with E-state index >= 15 is 0 Å². The summed E-state index contributed by atoms with van der Waals surface area (Å²) >= 11 is 0. The lowest BCUT2D eigenvalue weighted by Crippen LogP contribution is -2.30. The van der Waals surface area contributed by atoms with Gasteiger partial charge in [-0.25, -0.2) is 0 Å². The van der Waals surface area contributed by atoms with Crippen LogP contribution >= 0.6 is 0 Å². The number of rotatable bonds is 7. The standard InChI is InChI=1S/C17H24N2O3/c1-4-22-15-8-6-5-7-14(15)19-17(21)13-9-12(13)16(20)18-10-11(2)3/h5-8,11-13H,4,9-10H2,1-3H3,(H,18,20)(H,19,21). The molecular formula is C17H24N2O3. The van der Waals surface area contributed by atoms with Crippen molar-refractivity contribution in [3.8, 4) is 5.75 Å². The number of anilines is 1. The Hall–Kier alpha value is -2.04. The summed E-state index contributed by atoms with van der Waals surface area (Å²) in [5.41, 5.74) is 0.655. The van der Waals surface area contributed by atoms with Gasteiger partial charge < -0.3 is 15.4 Å². The largest absolute Gasteiger partial charge is 0.492 e. The number of carbonyl (C=O) groups excluding carboxylic acids is 2. The highest BCUT2D eigenvalue weighted by atomic mass is 16.5. The maximum atomic E-state index is 12.2. The molecule has 1 aromatic rings. The summed E-state index contributed by atoms with van der Waals surface area (Å²) in [6, 6.07) is 7.33. The smallest absolute Gasteiger partial charge is 0.228 e. The minimum absolute atomic E-state index is 0.0213. The third kappa shape index (κ3) is 4.23. The van der Waals surface area contributed by atoms with Gasteiger partial charge in [0.05, 0.1) is 24.1 Å². The van der Waals surface area contributed by atoms with Crippen LogP contribution in [-0.4, -0.2) is 25.0 Å². The van der Waals surface area contributed by atoms with Gasteiger partial charge in [-0.1, -0.05) is 26.0 Å². The molecule has 0 spiro atoms. The number of benzene rings is 1. The van der Waals surface area contributed by atoms with Crippen molar-refractivity contribution in [1.29, 1.82) is 0 Å². The molecule has 5 nitrogen and oxygen atoms in total. The molecule has 1 aromatic carbocycles. The molecule has 2 N–H and O–H groups in total. The minimum Gasteiger partial charge on any atom is -0.492 e. The average Bonchev–Trinajstić information content (AvgIpc) is 3.27. The van der Waals surface area contributed by atoms with Crippen molar-refractivity contribution in [3.63, 3.8) is 0 Å². The van der Waals surface area contributed by atoms with Crippen molar-refractivity contribution in [3.05, 3.63) is 24.3 Å². The Balaban J connectivity index is 1.88. The zero-order valence-corrected chi connectivity index (χ0v) is 13.4. The molecule has 0 radical (unpaired) electrons. The van der Waals surface area contributed by atoms with E-state index in [4.69, 9.17) is 4.74 Å². The molecule has 2 amide bonds. The van der Waals surface area contributed by atoms with Crippen molar-refractivity contribution in [1.82, 2.24) is 5.32 Å². The van der Waals surface area contributed by atoms with Crippen LogP contribution in [0.25, 0.3) is 0 Å². The predicted octanol–water partition coefficient (Wildman–Crippen LogP) is 2.43. The molecule has 0 saturated heterocycles. The number of hydrogen-bond acceptors (Lipinski definition) is 3. The molecular weight excluding hydrogens is 280 g/mol. The molecule has 1 fully saturated rings. The lowest BCUT2D eigenvalue weighted by Gasteiger charge is -2.11. The van der Waals surface area contributed by atoms with Crippen LogP contribution in [0.15, 0.2) is 24.3 Å². The Kier molecular flexibility index (Phi) is 5.41. The highest BCUT2D eigenvalue weighted by Crippen LogP contribution is 2.40. The second-order valence-corrected chi connectivity index (χ2v) is 6.01. The molecule has 1 aliphatic rings. The predicted molar refractivity (Wildman–Crippen MR) is 85.7 cm³/mol. The first-order chi connectivity index (χ1) is 10.5. The van der Waals surface area contributed by atoms with E-state index in [9.17, 15) is 9.59 Å². The number of hydrogen-bond donors (Lipinski definition) is 2. The van der Waals surface area contributed by atoms with Crippen LogP contribution in [0.5, 0.6) is 5.75 Å². The number of nitrogens with one attached hydrogen (secondary N) is 2. The van der Waals surface area contributed by atoms with Gasteiger partial charge in [0.2, 0.25) is 11.8 Å². The Morgan fingerprint density at radius 1 is 1.23 bits per heavy atom. The van der Waals surface area contributed by atoms with Crippen molar-refractivity contribution >= 4 is 17.5 Å². The van der Waals surface area contributed by atoms with Crippen molar-refractivity contribution < 1.29 is 14.3 Å². The Morgan fingerprint density at radius 2 is 1.91 bits per heavy atom. The first kappa shape index (κ1) is 16.3. The molecule has 0 aliphatic heterocycles. The second kappa shape index (κ2) is 7.29. The zero-order chi connectivity index (χ0) is 16.1. The first-order valence-corrected chi connectivity index (χ1v) is 7.83. The average molecular weight is 304 g/mol. The van der Waals surface area contributed by atoms with Crippen molar-refractivity contribution in [2.45, 2.75) is 27.2 Å². The van der Waals surface area contributed by atoms with E-state index in [1.807, 2.05) is 39.0 Å². The number of carbonyl (C=O) groups is 2. The van der Waals surface area contributed by atoms with E-state index in [1.54, 1.807) is 6.07 Å². The third-order valence-corrected chi connectivity index (χ3v) is 3.59. The Morgan fingerprint density at radius 3 is 2.59 bits per heavy atom. The van der Waals surface area contributed by atoms with Gasteiger partial charge in [-0.05, 0) is 31.4 Å². The minimum atomic E-state index is -0.234. The molecule has 2 unspecified atom stereocenters. The number of ether oxygens (including phenoxy) is 1. The van der Waals surface area contributed by atoms with E-state index in [1.165, 1.54) is 0 Å². The molecule has 0 bridgehead atoms. The van der Waals surface area contributed by atoms with Gasteiger partial charge in [0.15, 0.2) is 0 Å². The van der Waals surface area contributed by atoms with Crippen LogP contribution in [0.1, 0.15) is 27.2 Å². The van der Waals surface area contributed by atoms with E-state index in [2.05, 4.69) is 10.6 Å². The van der Waals surface area contributed by atoms with E-state index < -0.39 is 0 Å². The van der Waals surface area contributed by atoms with Gasteiger partial charge in [0.25, 0.3) is 0 Å². The van der Waals surface area contributed by atoms with Crippen LogP contribution in [0.3, 0.4) is 0 Å². The van der Waals surface area contributed by atoms with Gasteiger partial charge in [-0.3, -0.25) is 9.59 Å². The summed E-state index contributed by atoms with van der Waals surface area (Å²) in [6.07, 6.45) is 0.618. The maximum Gasteiger partial charge on any atom is 0.228 e. The van der Waals surface area contributed by atoms with E-state index in [0.29, 0.717) is 36.9 Å². The topological polar surface area (TPSA) is 67.4 Å². The number of para-hydroxylation sites is 2. The molecule has 2 rings (SSSR count). The first-order valence-electron chi connectivity index (χ1n) is 7.83. The van der Waals surface area contributed by atoms with Gasteiger partial charge in [0.1, 0.15) is 5.75 Å². The summed E-state index contributed by atoms with van der Waals surface area (Å²) in [4.78, 5) is 24.2.